The van der Waals surface area contributed by atoms with E-state index >= 15 is 0 Å². The van der Waals surface area contributed by atoms with E-state index in [1.165, 1.54) is 18.0 Å². The average molecular weight is 210 g/mol. The third-order valence-corrected chi connectivity index (χ3v) is 4.98. The predicted octanol–water partition coefficient (Wildman–Crippen LogP) is 3.89. The molecule has 0 spiro atoms. The Bertz CT molecular complexity index is 239. The minimum absolute atomic E-state index is 0.379. The lowest BCUT2D eigenvalue weighted by Gasteiger charge is -2.25. The van der Waals surface area contributed by atoms with Gasteiger partial charge in [-0.3, -0.25) is 0 Å². The first kappa shape index (κ1) is 11.7. The van der Waals surface area contributed by atoms with E-state index in [0.717, 1.165) is 6.42 Å². The second-order valence-corrected chi connectivity index (χ2v) is 9.10. The molecule has 14 heavy (non-hydrogen) atoms. The number of allylic oxidation sites excluding steroid dienone is 4. The Balaban J connectivity index is 2.31. The monoisotopic (exact) mass is 210 g/mol. The van der Waals surface area contributed by atoms with Crippen LogP contribution in [0.3, 0.4) is 0 Å². The molecule has 2 heteroatoms. The molecule has 1 rings (SSSR count). The fourth-order valence-corrected chi connectivity index (χ4v) is 4.12. The fraction of sp³-hybridized carbons (Fsp3) is 0.667. The van der Waals surface area contributed by atoms with Gasteiger partial charge in [0.1, 0.15) is 0 Å². The van der Waals surface area contributed by atoms with Crippen LogP contribution in [0.2, 0.25) is 19.1 Å². The molecule has 0 amide bonds. The molecule has 1 aliphatic rings. The van der Waals surface area contributed by atoms with Crippen molar-refractivity contribution < 1.29 is 4.43 Å². The van der Waals surface area contributed by atoms with Gasteiger partial charge in [-0.25, -0.2) is 0 Å². The summed E-state index contributed by atoms with van der Waals surface area (Å²) >= 11 is 0. The lowest BCUT2D eigenvalue weighted by Crippen LogP contribution is -2.33. The number of hydrogen-bond acceptors (Lipinski definition) is 1. The second-order valence-electron chi connectivity index (χ2n) is 4.84. The Morgan fingerprint density at radius 1 is 1.43 bits per heavy atom. The highest BCUT2D eigenvalue weighted by atomic mass is 28.4. The topological polar surface area (TPSA) is 9.23 Å². The van der Waals surface area contributed by atoms with Crippen molar-refractivity contribution in [1.82, 2.24) is 0 Å². The molecule has 1 nitrogen and oxygen atoms in total. The SMILES string of the molecule is CC(C)O[Si](C)(C)CCC1=CCC=C1. The zero-order valence-corrected chi connectivity index (χ0v) is 10.8. The van der Waals surface area contributed by atoms with Crippen molar-refractivity contribution in [3.05, 3.63) is 23.8 Å². The van der Waals surface area contributed by atoms with Crippen LogP contribution in [0.1, 0.15) is 26.7 Å². The minimum atomic E-state index is -1.41. The summed E-state index contributed by atoms with van der Waals surface area (Å²) in [5, 5.41) is 0. The molecule has 0 aromatic carbocycles. The highest BCUT2D eigenvalue weighted by Gasteiger charge is 2.23. The van der Waals surface area contributed by atoms with Gasteiger partial charge in [-0.1, -0.05) is 23.8 Å². The van der Waals surface area contributed by atoms with Gasteiger partial charge in [0.25, 0.3) is 0 Å². The molecular formula is C12H22OSi. The molecule has 0 atom stereocenters. The van der Waals surface area contributed by atoms with Gasteiger partial charge < -0.3 is 4.43 Å². The first-order valence-corrected chi connectivity index (χ1v) is 8.64. The molecular weight excluding hydrogens is 188 g/mol. The van der Waals surface area contributed by atoms with Crippen molar-refractivity contribution in [3.63, 3.8) is 0 Å². The molecule has 0 radical (unpaired) electrons. The highest BCUT2D eigenvalue weighted by molar-refractivity contribution is 6.71. The summed E-state index contributed by atoms with van der Waals surface area (Å²) in [7, 11) is -1.41. The van der Waals surface area contributed by atoms with Gasteiger partial charge >= 0.3 is 0 Å². The van der Waals surface area contributed by atoms with Crippen molar-refractivity contribution in [3.8, 4) is 0 Å². The van der Waals surface area contributed by atoms with E-state index in [2.05, 4.69) is 45.2 Å². The van der Waals surface area contributed by atoms with E-state index < -0.39 is 8.32 Å². The molecule has 0 bridgehead atoms. The molecule has 0 aromatic heterocycles. The zero-order valence-electron chi connectivity index (χ0n) is 9.84. The van der Waals surface area contributed by atoms with Crippen molar-refractivity contribution in [2.75, 3.05) is 0 Å². The Morgan fingerprint density at radius 3 is 2.64 bits per heavy atom. The maximum absolute atomic E-state index is 5.99. The van der Waals surface area contributed by atoms with Gasteiger partial charge in [-0.05, 0) is 45.8 Å². The highest BCUT2D eigenvalue weighted by Crippen LogP contribution is 2.22. The molecule has 0 aromatic rings. The van der Waals surface area contributed by atoms with Crippen LogP contribution in [0, 0.1) is 0 Å². The lowest BCUT2D eigenvalue weighted by atomic mass is 10.2. The Kier molecular flexibility index (Phi) is 4.14. The number of hydrogen-bond donors (Lipinski definition) is 0. The van der Waals surface area contributed by atoms with Gasteiger partial charge in [0.05, 0.1) is 0 Å². The predicted molar refractivity (Wildman–Crippen MR) is 65.0 cm³/mol. The summed E-state index contributed by atoms with van der Waals surface area (Å²) in [6.07, 6.45) is 9.50. The van der Waals surface area contributed by atoms with Crippen LogP contribution in [0.5, 0.6) is 0 Å². The third-order valence-electron chi connectivity index (χ3n) is 2.42. The summed E-state index contributed by atoms with van der Waals surface area (Å²) in [5.41, 5.74) is 1.50. The van der Waals surface area contributed by atoms with Gasteiger partial charge in [0.15, 0.2) is 8.32 Å². The maximum Gasteiger partial charge on any atom is 0.187 e. The molecule has 0 aliphatic heterocycles. The van der Waals surface area contributed by atoms with E-state index in [4.69, 9.17) is 4.43 Å². The summed E-state index contributed by atoms with van der Waals surface area (Å²) in [6, 6.07) is 1.24. The molecule has 0 N–H and O–H groups in total. The van der Waals surface area contributed by atoms with Gasteiger partial charge in [-0.15, -0.1) is 0 Å². The third kappa shape index (κ3) is 4.25. The quantitative estimate of drug-likeness (QED) is 0.625. The van der Waals surface area contributed by atoms with Crippen molar-refractivity contribution in [2.24, 2.45) is 0 Å². The van der Waals surface area contributed by atoms with Crippen molar-refractivity contribution in [2.45, 2.75) is 51.9 Å². The fourth-order valence-electron chi connectivity index (χ4n) is 1.83. The van der Waals surface area contributed by atoms with E-state index in [1.807, 2.05) is 0 Å². The molecule has 1 aliphatic carbocycles. The van der Waals surface area contributed by atoms with Crippen LogP contribution in [0.15, 0.2) is 23.8 Å². The normalized spacial score (nSPS) is 16.5. The van der Waals surface area contributed by atoms with Crippen LogP contribution in [0.25, 0.3) is 0 Å². The summed E-state index contributed by atoms with van der Waals surface area (Å²) in [6.45, 7) is 8.88. The van der Waals surface area contributed by atoms with Gasteiger partial charge in [0.2, 0.25) is 0 Å². The largest absolute Gasteiger partial charge is 0.415 e. The van der Waals surface area contributed by atoms with E-state index in [9.17, 15) is 0 Å². The van der Waals surface area contributed by atoms with Gasteiger partial charge in [-0.2, -0.15) is 0 Å². The van der Waals surface area contributed by atoms with Crippen LogP contribution in [-0.2, 0) is 4.43 Å². The van der Waals surface area contributed by atoms with Gasteiger partial charge in [0, 0.05) is 6.10 Å². The molecule has 0 heterocycles. The average Bonchev–Trinajstić information content (AvgIpc) is 2.50. The Hall–Kier alpha value is -0.343. The zero-order chi connectivity index (χ0) is 10.6. The first-order chi connectivity index (χ1) is 6.49. The van der Waals surface area contributed by atoms with E-state index in [1.54, 1.807) is 0 Å². The summed E-state index contributed by atoms with van der Waals surface area (Å²) in [5.74, 6) is 0. The molecule has 0 unspecified atom stereocenters. The second kappa shape index (κ2) is 4.94. The molecule has 0 fully saturated rings. The minimum Gasteiger partial charge on any atom is -0.415 e. The molecule has 0 saturated heterocycles. The van der Waals surface area contributed by atoms with Crippen molar-refractivity contribution in [1.29, 1.82) is 0 Å². The summed E-state index contributed by atoms with van der Waals surface area (Å²) in [4.78, 5) is 0. The van der Waals surface area contributed by atoms with E-state index in [0.29, 0.717) is 6.10 Å². The van der Waals surface area contributed by atoms with Crippen LogP contribution in [-0.4, -0.2) is 14.4 Å². The smallest absolute Gasteiger partial charge is 0.187 e. The maximum atomic E-state index is 5.99. The van der Waals surface area contributed by atoms with Crippen molar-refractivity contribution >= 4 is 8.32 Å². The Morgan fingerprint density at radius 2 is 2.14 bits per heavy atom. The number of rotatable bonds is 5. The van der Waals surface area contributed by atoms with Crippen LogP contribution < -0.4 is 0 Å². The van der Waals surface area contributed by atoms with Crippen LogP contribution >= 0.6 is 0 Å². The molecule has 80 valence electrons. The first-order valence-electron chi connectivity index (χ1n) is 5.53. The van der Waals surface area contributed by atoms with Crippen LogP contribution in [0.4, 0.5) is 0 Å². The summed E-state index contributed by atoms with van der Waals surface area (Å²) < 4.78 is 5.99. The molecule has 0 saturated carbocycles. The Labute approximate surface area is 89.0 Å². The lowest BCUT2D eigenvalue weighted by molar-refractivity contribution is 0.231. The standard InChI is InChI=1S/C12H22OSi/c1-11(2)13-14(3,4)10-9-12-7-5-6-8-12/h5,7-8,11H,6,9-10H2,1-4H3. The van der Waals surface area contributed by atoms with E-state index in [-0.39, 0.29) is 0 Å².